The monoisotopic (exact) mass is 333 g/mol. The third-order valence-electron chi connectivity index (χ3n) is 4.74. The highest BCUT2D eigenvalue weighted by atomic mass is 32.1. The second-order valence-electron chi connectivity index (χ2n) is 6.48. The maximum absolute atomic E-state index is 5.58. The van der Waals surface area contributed by atoms with Gasteiger partial charge in [0.2, 0.25) is 4.77 Å². The van der Waals surface area contributed by atoms with Gasteiger partial charge >= 0.3 is 0 Å². The number of quaternary nitrogens is 1. The summed E-state index contributed by atoms with van der Waals surface area (Å²) >= 11 is 5.58. The normalized spacial score (nSPS) is 21.3. The number of nitrogens with one attached hydrogen (secondary N) is 1. The summed E-state index contributed by atoms with van der Waals surface area (Å²) in [4.78, 5) is 1.57. The Balaban J connectivity index is 1.81. The topological polar surface area (TPSA) is 36.4 Å². The van der Waals surface area contributed by atoms with Gasteiger partial charge in [-0.05, 0) is 55.2 Å². The third kappa shape index (κ3) is 3.48. The van der Waals surface area contributed by atoms with Crippen LogP contribution in [0.3, 0.4) is 0 Å². The molecule has 6 heteroatoms. The van der Waals surface area contributed by atoms with Crippen LogP contribution in [0.1, 0.15) is 19.8 Å². The fraction of sp³-hybridized carbons (Fsp3) is 0.529. The summed E-state index contributed by atoms with van der Waals surface area (Å²) in [5, 5.41) is 4.76. The molecule has 1 aromatic heterocycles. The number of hydrogen-bond acceptors (Lipinski definition) is 3. The first kappa shape index (κ1) is 16.2. The molecule has 2 heterocycles. The molecule has 124 valence electrons. The number of rotatable bonds is 4. The van der Waals surface area contributed by atoms with Crippen LogP contribution in [0.25, 0.3) is 11.4 Å². The number of piperidine rings is 1. The summed E-state index contributed by atoms with van der Waals surface area (Å²) in [5.41, 5.74) is 1.06. The summed E-state index contributed by atoms with van der Waals surface area (Å²) < 4.78 is 9.96. The molecule has 5 nitrogen and oxygen atoms in total. The van der Waals surface area contributed by atoms with Crippen molar-refractivity contribution < 1.29 is 9.64 Å². The minimum atomic E-state index is 0.780. The minimum Gasteiger partial charge on any atom is -0.497 e. The van der Waals surface area contributed by atoms with Crippen LogP contribution < -0.4 is 9.64 Å². The van der Waals surface area contributed by atoms with E-state index in [1.165, 1.54) is 25.9 Å². The number of aromatic nitrogens is 3. The van der Waals surface area contributed by atoms with E-state index in [2.05, 4.69) is 6.92 Å². The molecule has 0 amide bonds. The van der Waals surface area contributed by atoms with Gasteiger partial charge in [0.05, 0.1) is 20.2 Å². The van der Waals surface area contributed by atoms with Crippen molar-refractivity contribution in [2.24, 2.45) is 13.0 Å². The Morgan fingerprint density at radius 1 is 1.26 bits per heavy atom. The first-order valence-electron chi connectivity index (χ1n) is 8.20. The van der Waals surface area contributed by atoms with E-state index in [9.17, 15) is 0 Å². The molecule has 1 saturated heterocycles. The van der Waals surface area contributed by atoms with E-state index in [1.807, 2.05) is 40.6 Å². The Morgan fingerprint density at radius 2 is 1.91 bits per heavy atom. The molecule has 3 rings (SSSR count). The van der Waals surface area contributed by atoms with Crippen LogP contribution in [0.5, 0.6) is 5.75 Å². The quantitative estimate of drug-likeness (QED) is 0.868. The number of ether oxygens (including phenoxy) is 1. The van der Waals surface area contributed by atoms with Gasteiger partial charge in [-0.15, -0.1) is 5.10 Å². The van der Waals surface area contributed by atoms with Crippen molar-refractivity contribution in [2.75, 3.05) is 20.2 Å². The zero-order valence-electron chi connectivity index (χ0n) is 14.1. The largest absolute Gasteiger partial charge is 0.497 e. The van der Waals surface area contributed by atoms with Crippen LogP contribution in [0.2, 0.25) is 0 Å². The van der Waals surface area contributed by atoms with Crippen molar-refractivity contribution in [1.29, 1.82) is 0 Å². The minimum absolute atomic E-state index is 0.780. The van der Waals surface area contributed by atoms with Crippen molar-refractivity contribution in [3.8, 4) is 17.1 Å². The summed E-state index contributed by atoms with van der Waals surface area (Å²) in [6, 6.07) is 7.95. The Morgan fingerprint density at radius 3 is 2.52 bits per heavy atom. The zero-order chi connectivity index (χ0) is 16.4. The van der Waals surface area contributed by atoms with E-state index in [-0.39, 0.29) is 0 Å². The van der Waals surface area contributed by atoms with Crippen molar-refractivity contribution in [1.82, 2.24) is 14.3 Å². The maximum atomic E-state index is 5.58. The highest BCUT2D eigenvalue weighted by molar-refractivity contribution is 7.71. The Hall–Kier alpha value is -1.66. The zero-order valence-corrected chi connectivity index (χ0v) is 14.9. The summed E-state index contributed by atoms with van der Waals surface area (Å²) in [5.74, 6) is 2.61. The predicted octanol–water partition coefficient (Wildman–Crippen LogP) is 1.90. The standard InChI is InChI=1S/C17H24N4OS/c1-13-8-10-20(11-9-13)12-21-17(23)19(2)16(18-21)14-4-6-15(22-3)7-5-14/h4-7,13H,8-12H2,1-3H3/p+1. The molecule has 1 fully saturated rings. The molecule has 1 aliphatic rings. The molecule has 0 atom stereocenters. The molecule has 1 N–H and O–H groups in total. The smallest absolute Gasteiger partial charge is 0.202 e. The van der Waals surface area contributed by atoms with E-state index in [1.54, 1.807) is 12.0 Å². The molecular weight excluding hydrogens is 308 g/mol. The van der Waals surface area contributed by atoms with Gasteiger partial charge in [-0.3, -0.25) is 0 Å². The molecule has 0 radical (unpaired) electrons. The lowest BCUT2D eigenvalue weighted by Crippen LogP contribution is -3.12. The van der Waals surface area contributed by atoms with Gasteiger partial charge in [0, 0.05) is 12.6 Å². The van der Waals surface area contributed by atoms with Gasteiger partial charge in [0.25, 0.3) is 0 Å². The predicted molar refractivity (Wildman–Crippen MR) is 93.1 cm³/mol. The van der Waals surface area contributed by atoms with Crippen LogP contribution >= 0.6 is 12.2 Å². The first-order chi connectivity index (χ1) is 11.1. The third-order valence-corrected chi connectivity index (χ3v) is 5.23. The number of benzene rings is 1. The molecule has 1 aromatic carbocycles. The summed E-state index contributed by atoms with van der Waals surface area (Å²) in [6.45, 7) is 5.61. The molecule has 0 saturated carbocycles. The van der Waals surface area contributed by atoms with E-state index < -0.39 is 0 Å². The maximum Gasteiger partial charge on any atom is 0.202 e. The van der Waals surface area contributed by atoms with Crippen LogP contribution in [-0.2, 0) is 13.7 Å². The fourth-order valence-electron chi connectivity index (χ4n) is 3.12. The van der Waals surface area contributed by atoms with Crippen molar-refractivity contribution >= 4 is 12.2 Å². The molecular formula is C17H25N4OS+. The van der Waals surface area contributed by atoms with Gasteiger partial charge in [-0.25, -0.2) is 0 Å². The van der Waals surface area contributed by atoms with Crippen molar-refractivity contribution in [3.63, 3.8) is 0 Å². The van der Waals surface area contributed by atoms with Crippen LogP contribution in [-0.4, -0.2) is 34.5 Å². The molecule has 2 aromatic rings. The number of methoxy groups -OCH3 is 1. The average Bonchev–Trinajstić information content (AvgIpc) is 2.85. The van der Waals surface area contributed by atoms with Crippen molar-refractivity contribution in [3.05, 3.63) is 29.0 Å². The molecule has 0 unspecified atom stereocenters. The molecule has 23 heavy (non-hydrogen) atoms. The van der Waals surface area contributed by atoms with Gasteiger partial charge in [0.15, 0.2) is 12.5 Å². The SMILES string of the molecule is COc1ccc(-c2nn(C[NH+]3CCC(C)CC3)c(=S)n2C)cc1. The fourth-order valence-corrected chi connectivity index (χ4v) is 3.31. The van der Waals surface area contributed by atoms with E-state index in [0.717, 1.165) is 34.5 Å². The molecule has 0 aliphatic carbocycles. The van der Waals surface area contributed by atoms with Gasteiger partial charge in [0.1, 0.15) is 5.75 Å². The van der Waals surface area contributed by atoms with Crippen LogP contribution in [0, 0.1) is 10.7 Å². The van der Waals surface area contributed by atoms with Crippen molar-refractivity contribution in [2.45, 2.75) is 26.4 Å². The Kier molecular flexibility index (Phi) is 4.82. The summed E-state index contributed by atoms with van der Waals surface area (Å²) in [6.07, 6.45) is 2.58. The van der Waals surface area contributed by atoms with E-state index in [4.69, 9.17) is 22.1 Å². The highest BCUT2D eigenvalue weighted by Crippen LogP contribution is 2.20. The number of likely N-dealkylation sites (tertiary alicyclic amines) is 1. The lowest BCUT2D eigenvalue weighted by atomic mass is 10.00. The second kappa shape index (κ2) is 6.84. The number of nitrogens with zero attached hydrogens (tertiary/aromatic N) is 3. The van der Waals surface area contributed by atoms with Gasteiger partial charge in [-0.2, -0.15) is 4.68 Å². The molecule has 0 bridgehead atoms. The van der Waals surface area contributed by atoms with Crippen LogP contribution in [0.4, 0.5) is 0 Å². The van der Waals surface area contributed by atoms with Crippen LogP contribution in [0.15, 0.2) is 24.3 Å². The number of hydrogen-bond donors (Lipinski definition) is 1. The lowest BCUT2D eigenvalue weighted by molar-refractivity contribution is -0.929. The molecule has 0 spiro atoms. The van der Waals surface area contributed by atoms with Gasteiger partial charge < -0.3 is 14.2 Å². The highest BCUT2D eigenvalue weighted by Gasteiger charge is 2.20. The lowest BCUT2D eigenvalue weighted by Gasteiger charge is -2.26. The van der Waals surface area contributed by atoms with E-state index in [0.29, 0.717) is 0 Å². The molecule has 1 aliphatic heterocycles. The second-order valence-corrected chi connectivity index (χ2v) is 6.85. The Bertz CT molecular complexity index is 711. The van der Waals surface area contributed by atoms with E-state index >= 15 is 0 Å². The van der Waals surface area contributed by atoms with Gasteiger partial charge in [-0.1, -0.05) is 6.92 Å². The first-order valence-corrected chi connectivity index (χ1v) is 8.61. The summed E-state index contributed by atoms with van der Waals surface area (Å²) in [7, 11) is 3.66. The Labute approximate surface area is 142 Å². The average molecular weight is 333 g/mol.